The Labute approximate surface area is 114 Å². The summed E-state index contributed by atoms with van der Waals surface area (Å²) in [5, 5.41) is 21.5. The third-order valence-corrected chi connectivity index (χ3v) is 3.82. The number of benzene rings is 1. The second kappa shape index (κ2) is 7.22. The fourth-order valence-electron chi connectivity index (χ4n) is 2.02. The molecule has 0 unspecified atom stereocenters. The normalized spacial score (nSPS) is 11.3. The number of nitrogens with one attached hydrogen (secondary N) is 1. The fourth-order valence-corrected chi connectivity index (χ4v) is 2.02. The molecule has 4 heteroatoms. The van der Waals surface area contributed by atoms with E-state index in [1.807, 2.05) is 6.07 Å². The predicted molar refractivity (Wildman–Crippen MR) is 72.9 cm³/mol. The number of halogens is 1. The molecule has 0 saturated carbocycles. The lowest BCUT2D eigenvalue weighted by molar-refractivity contribution is 0.113. The molecule has 0 fully saturated rings. The topological polar surface area (TPSA) is 56.0 Å². The molecule has 0 atom stereocenters. The van der Waals surface area contributed by atoms with Gasteiger partial charge in [0.05, 0.1) is 5.56 Å². The maximum absolute atomic E-state index is 13.2. The fraction of sp³-hybridized carbons (Fsp3) is 0.533. The van der Waals surface area contributed by atoms with Gasteiger partial charge in [-0.25, -0.2) is 4.39 Å². The Bertz CT molecular complexity index is 442. The van der Waals surface area contributed by atoms with Crippen LogP contribution in [0.25, 0.3) is 0 Å². The van der Waals surface area contributed by atoms with Gasteiger partial charge in [0.2, 0.25) is 0 Å². The maximum Gasteiger partial charge on any atom is 0.140 e. The molecule has 0 radical (unpaired) electrons. The zero-order valence-corrected chi connectivity index (χ0v) is 11.5. The van der Waals surface area contributed by atoms with Gasteiger partial charge in [-0.1, -0.05) is 19.9 Å². The van der Waals surface area contributed by atoms with Gasteiger partial charge in [0.1, 0.15) is 11.9 Å². The molecule has 104 valence electrons. The van der Waals surface area contributed by atoms with Crippen molar-refractivity contribution in [3.8, 4) is 6.07 Å². The quantitative estimate of drug-likeness (QED) is 0.796. The number of nitriles is 1. The molecule has 0 spiro atoms. The summed E-state index contributed by atoms with van der Waals surface area (Å²) in [4.78, 5) is 0. The van der Waals surface area contributed by atoms with Crippen molar-refractivity contribution in [1.82, 2.24) is 5.32 Å². The Morgan fingerprint density at radius 2 is 2.05 bits per heavy atom. The second-order valence-electron chi connectivity index (χ2n) is 4.89. The highest BCUT2D eigenvalue weighted by Crippen LogP contribution is 2.24. The van der Waals surface area contributed by atoms with Gasteiger partial charge < -0.3 is 10.4 Å². The van der Waals surface area contributed by atoms with Crippen molar-refractivity contribution in [3.05, 3.63) is 35.1 Å². The summed E-state index contributed by atoms with van der Waals surface area (Å²) in [6, 6.07) is 6.37. The first-order chi connectivity index (χ1) is 9.10. The first kappa shape index (κ1) is 15.6. The van der Waals surface area contributed by atoms with Crippen LogP contribution in [0.3, 0.4) is 0 Å². The number of hydrogen-bond donors (Lipinski definition) is 2. The van der Waals surface area contributed by atoms with Crippen LogP contribution in [-0.2, 0) is 6.54 Å². The Morgan fingerprint density at radius 3 is 2.58 bits per heavy atom. The molecule has 1 aromatic carbocycles. The second-order valence-corrected chi connectivity index (χ2v) is 4.89. The lowest BCUT2D eigenvalue weighted by Gasteiger charge is -2.29. The summed E-state index contributed by atoms with van der Waals surface area (Å²) < 4.78 is 13.2. The van der Waals surface area contributed by atoms with E-state index in [0.29, 0.717) is 13.1 Å². The SMILES string of the molecule is CCC(CC)(CO)CNCc1ccc(F)c(C#N)c1. The standard InChI is InChI=1S/C15H21FN2O/c1-3-15(4-2,11-19)10-18-9-12-5-6-14(16)13(7-12)8-17/h5-7,18-19H,3-4,9-11H2,1-2H3. The zero-order valence-electron chi connectivity index (χ0n) is 11.5. The molecule has 0 aliphatic carbocycles. The van der Waals surface area contributed by atoms with Crippen molar-refractivity contribution in [3.63, 3.8) is 0 Å². The smallest absolute Gasteiger partial charge is 0.140 e. The minimum atomic E-state index is -0.488. The van der Waals surface area contributed by atoms with E-state index in [9.17, 15) is 9.50 Å². The highest BCUT2D eigenvalue weighted by Gasteiger charge is 2.24. The van der Waals surface area contributed by atoms with E-state index < -0.39 is 5.82 Å². The van der Waals surface area contributed by atoms with E-state index in [4.69, 9.17) is 5.26 Å². The third kappa shape index (κ3) is 4.02. The van der Waals surface area contributed by atoms with Crippen LogP contribution in [-0.4, -0.2) is 18.3 Å². The Morgan fingerprint density at radius 1 is 1.37 bits per heavy atom. The van der Waals surface area contributed by atoms with Gasteiger partial charge in [-0.15, -0.1) is 0 Å². The van der Waals surface area contributed by atoms with Crippen LogP contribution in [0.1, 0.15) is 37.8 Å². The average molecular weight is 264 g/mol. The van der Waals surface area contributed by atoms with Crippen LogP contribution < -0.4 is 5.32 Å². The molecule has 0 heterocycles. The van der Waals surface area contributed by atoms with E-state index in [1.165, 1.54) is 6.07 Å². The summed E-state index contributed by atoms with van der Waals surface area (Å²) in [6.45, 7) is 5.55. The van der Waals surface area contributed by atoms with E-state index in [-0.39, 0.29) is 17.6 Å². The van der Waals surface area contributed by atoms with Crippen LogP contribution in [0.5, 0.6) is 0 Å². The van der Waals surface area contributed by atoms with Gasteiger partial charge in [0.15, 0.2) is 0 Å². The van der Waals surface area contributed by atoms with Gasteiger partial charge in [0, 0.05) is 25.1 Å². The van der Waals surface area contributed by atoms with Crippen LogP contribution in [0.15, 0.2) is 18.2 Å². The third-order valence-electron chi connectivity index (χ3n) is 3.82. The van der Waals surface area contributed by atoms with Crippen molar-refractivity contribution < 1.29 is 9.50 Å². The summed E-state index contributed by atoms with van der Waals surface area (Å²) in [7, 11) is 0. The highest BCUT2D eigenvalue weighted by atomic mass is 19.1. The lowest BCUT2D eigenvalue weighted by atomic mass is 9.83. The Hall–Kier alpha value is -1.44. The van der Waals surface area contributed by atoms with Crippen LogP contribution >= 0.6 is 0 Å². The van der Waals surface area contributed by atoms with Crippen LogP contribution in [0.2, 0.25) is 0 Å². The molecule has 0 amide bonds. The molecule has 1 rings (SSSR count). The number of nitrogens with zero attached hydrogens (tertiary/aromatic N) is 1. The molecular weight excluding hydrogens is 243 g/mol. The van der Waals surface area contributed by atoms with Crippen molar-refractivity contribution >= 4 is 0 Å². The Kier molecular flexibility index (Phi) is 5.94. The van der Waals surface area contributed by atoms with Crippen LogP contribution in [0, 0.1) is 22.6 Å². The van der Waals surface area contributed by atoms with Gasteiger partial charge in [-0.3, -0.25) is 0 Å². The van der Waals surface area contributed by atoms with E-state index in [1.54, 1.807) is 12.1 Å². The first-order valence-electron chi connectivity index (χ1n) is 6.61. The molecule has 1 aromatic rings. The molecule has 0 bridgehead atoms. The molecule has 3 nitrogen and oxygen atoms in total. The van der Waals surface area contributed by atoms with Gasteiger partial charge in [-0.2, -0.15) is 5.26 Å². The molecular formula is C15H21FN2O. The monoisotopic (exact) mass is 264 g/mol. The molecule has 19 heavy (non-hydrogen) atoms. The van der Waals surface area contributed by atoms with Gasteiger partial charge >= 0.3 is 0 Å². The van der Waals surface area contributed by atoms with Gasteiger partial charge in [0.25, 0.3) is 0 Å². The van der Waals surface area contributed by atoms with Crippen LogP contribution in [0.4, 0.5) is 4.39 Å². The molecule has 0 saturated heterocycles. The van der Waals surface area contributed by atoms with Crippen molar-refractivity contribution in [2.45, 2.75) is 33.2 Å². The van der Waals surface area contributed by atoms with Crippen molar-refractivity contribution in [1.29, 1.82) is 5.26 Å². The van der Waals surface area contributed by atoms with E-state index in [2.05, 4.69) is 19.2 Å². The van der Waals surface area contributed by atoms with Crippen molar-refractivity contribution in [2.24, 2.45) is 5.41 Å². The minimum Gasteiger partial charge on any atom is -0.396 e. The summed E-state index contributed by atoms with van der Waals surface area (Å²) in [6.07, 6.45) is 1.81. The summed E-state index contributed by atoms with van der Waals surface area (Å²) >= 11 is 0. The highest BCUT2D eigenvalue weighted by molar-refractivity contribution is 5.34. The molecule has 2 N–H and O–H groups in total. The van der Waals surface area contributed by atoms with Gasteiger partial charge in [-0.05, 0) is 30.5 Å². The number of aliphatic hydroxyl groups is 1. The van der Waals surface area contributed by atoms with E-state index >= 15 is 0 Å². The number of rotatable bonds is 7. The number of hydrogen-bond acceptors (Lipinski definition) is 3. The largest absolute Gasteiger partial charge is 0.396 e. The maximum atomic E-state index is 13.2. The van der Waals surface area contributed by atoms with Crippen molar-refractivity contribution in [2.75, 3.05) is 13.2 Å². The summed E-state index contributed by atoms with van der Waals surface area (Å²) in [5.41, 5.74) is 0.841. The average Bonchev–Trinajstić information content (AvgIpc) is 2.46. The molecule has 0 aliphatic heterocycles. The Balaban J connectivity index is 2.61. The summed E-state index contributed by atoms with van der Waals surface area (Å²) in [5.74, 6) is -0.488. The predicted octanol–water partition coefficient (Wildman–Crippen LogP) is 2.59. The molecule has 0 aliphatic rings. The zero-order chi connectivity index (χ0) is 14.3. The van der Waals surface area contributed by atoms with E-state index in [0.717, 1.165) is 18.4 Å². The molecule has 0 aromatic heterocycles. The first-order valence-corrected chi connectivity index (χ1v) is 6.61. The lowest BCUT2D eigenvalue weighted by Crippen LogP contribution is -2.36. The minimum absolute atomic E-state index is 0.0682. The number of aliphatic hydroxyl groups excluding tert-OH is 1.